The molecule has 1 atom stereocenters. The molecule has 2 heterocycles. The Morgan fingerprint density at radius 1 is 1.39 bits per heavy atom. The fraction of sp³-hybridized carbons (Fsp3) is 0.312. The zero-order valence-electron chi connectivity index (χ0n) is 12.5. The van der Waals surface area contributed by atoms with Crippen LogP contribution in [0.2, 0.25) is 5.02 Å². The fourth-order valence-electron chi connectivity index (χ4n) is 2.80. The molecule has 1 aromatic heterocycles. The highest BCUT2D eigenvalue weighted by molar-refractivity contribution is 6.30. The Hall–Kier alpha value is -2.34. The normalized spacial score (nSPS) is 20.7. The number of aliphatic carboxylic acids is 1. The predicted molar refractivity (Wildman–Crippen MR) is 83.3 cm³/mol. The molecular formula is C16H15ClN2O4. The number of hydrogen-bond acceptors (Lipinski definition) is 4. The Bertz CT molecular complexity index is 773. The van der Waals surface area contributed by atoms with Crippen LogP contribution in [0.15, 0.2) is 34.9 Å². The highest BCUT2D eigenvalue weighted by Crippen LogP contribution is 2.31. The first-order chi connectivity index (χ1) is 10.9. The number of carboxylic acids is 1. The maximum atomic E-state index is 12.6. The van der Waals surface area contributed by atoms with E-state index in [2.05, 4.69) is 5.16 Å². The third kappa shape index (κ3) is 2.70. The minimum atomic E-state index is -1.20. The number of likely N-dealkylation sites (tertiary alicyclic amines) is 1. The van der Waals surface area contributed by atoms with Crippen LogP contribution in [0.5, 0.6) is 0 Å². The summed E-state index contributed by atoms with van der Waals surface area (Å²) < 4.78 is 5.21. The van der Waals surface area contributed by atoms with Gasteiger partial charge in [0.2, 0.25) is 0 Å². The average Bonchev–Trinajstić information content (AvgIpc) is 3.14. The number of carbonyl (C=O) groups excluding carboxylic acids is 1. The first kappa shape index (κ1) is 15.6. The Morgan fingerprint density at radius 2 is 2.17 bits per heavy atom. The molecule has 23 heavy (non-hydrogen) atoms. The molecule has 7 heteroatoms. The van der Waals surface area contributed by atoms with E-state index in [4.69, 9.17) is 16.1 Å². The zero-order chi connectivity index (χ0) is 16.6. The molecule has 0 saturated carbocycles. The van der Waals surface area contributed by atoms with E-state index < -0.39 is 17.4 Å². The minimum absolute atomic E-state index is 0.0920. The molecule has 1 aliphatic rings. The molecule has 1 unspecified atom stereocenters. The number of carbonyl (C=O) groups is 2. The van der Waals surface area contributed by atoms with Crippen LogP contribution in [0.1, 0.15) is 30.3 Å². The Morgan fingerprint density at radius 3 is 2.87 bits per heavy atom. The van der Waals surface area contributed by atoms with Crippen LogP contribution in [0.25, 0.3) is 11.3 Å². The number of amides is 1. The SMILES string of the molecule is CC1(C(=O)O)CCCN1C(=O)c1cc(-c2cccc(Cl)c2)on1. The third-order valence-corrected chi connectivity index (χ3v) is 4.42. The van der Waals surface area contributed by atoms with Crippen molar-refractivity contribution in [2.75, 3.05) is 6.54 Å². The highest BCUT2D eigenvalue weighted by Gasteiger charge is 2.46. The van der Waals surface area contributed by atoms with Gasteiger partial charge in [-0.3, -0.25) is 4.79 Å². The van der Waals surface area contributed by atoms with Gasteiger partial charge in [-0.2, -0.15) is 0 Å². The lowest BCUT2D eigenvalue weighted by atomic mass is 9.99. The van der Waals surface area contributed by atoms with Gasteiger partial charge in [-0.1, -0.05) is 28.9 Å². The Labute approximate surface area is 137 Å². The van der Waals surface area contributed by atoms with Gasteiger partial charge >= 0.3 is 5.97 Å². The standard InChI is InChI=1S/C16H15ClN2O4/c1-16(15(21)22)6-3-7-19(16)14(20)12-9-13(23-18-12)10-4-2-5-11(17)8-10/h2,4-5,8-9H,3,6-7H2,1H3,(H,21,22). The lowest BCUT2D eigenvalue weighted by Crippen LogP contribution is -2.50. The third-order valence-electron chi connectivity index (χ3n) is 4.19. The van der Waals surface area contributed by atoms with E-state index in [1.165, 1.54) is 11.0 Å². The quantitative estimate of drug-likeness (QED) is 0.932. The summed E-state index contributed by atoms with van der Waals surface area (Å²) in [7, 11) is 0. The van der Waals surface area contributed by atoms with Crippen molar-refractivity contribution in [1.82, 2.24) is 10.1 Å². The second-order valence-corrected chi connectivity index (χ2v) is 6.16. The van der Waals surface area contributed by atoms with E-state index in [1.54, 1.807) is 31.2 Å². The number of rotatable bonds is 3. The maximum absolute atomic E-state index is 12.6. The van der Waals surface area contributed by atoms with Crippen LogP contribution >= 0.6 is 11.6 Å². The van der Waals surface area contributed by atoms with Crippen molar-refractivity contribution < 1.29 is 19.2 Å². The molecule has 1 aromatic carbocycles. The van der Waals surface area contributed by atoms with Crippen molar-refractivity contribution in [2.45, 2.75) is 25.3 Å². The lowest BCUT2D eigenvalue weighted by molar-refractivity contribution is -0.147. The van der Waals surface area contributed by atoms with Gasteiger partial charge in [-0.05, 0) is 31.9 Å². The van der Waals surface area contributed by atoms with Gasteiger partial charge in [-0.25, -0.2) is 4.79 Å². The number of hydrogen-bond donors (Lipinski definition) is 1. The topological polar surface area (TPSA) is 83.6 Å². The molecule has 0 bridgehead atoms. The van der Waals surface area contributed by atoms with E-state index in [-0.39, 0.29) is 5.69 Å². The van der Waals surface area contributed by atoms with Crippen molar-refractivity contribution in [2.24, 2.45) is 0 Å². The summed E-state index contributed by atoms with van der Waals surface area (Å²) in [4.78, 5) is 25.4. The molecule has 1 aliphatic heterocycles. The summed E-state index contributed by atoms with van der Waals surface area (Å²) in [5.74, 6) is -1.04. The van der Waals surface area contributed by atoms with Crippen molar-refractivity contribution in [1.29, 1.82) is 0 Å². The Kier molecular flexibility index (Phi) is 3.85. The second kappa shape index (κ2) is 5.70. The molecule has 1 saturated heterocycles. The van der Waals surface area contributed by atoms with Crippen LogP contribution < -0.4 is 0 Å². The van der Waals surface area contributed by atoms with E-state index in [1.807, 2.05) is 0 Å². The van der Waals surface area contributed by atoms with Gasteiger partial charge in [0, 0.05) is 23.2 Å². The Balaban J connectivity index is 1.88. The van der Waals surface area contributed by atoms with Gasteiger partial charge in [0.1, 0.15) is 5.54 Å². The summed E-state index contributed by atoms with van der Waals surface area (Å²) in [6.07, 6.45) is 1.07. The van der Waals surface area contributed by atoms with E-state index >= 15 is 0 Å². The summed E-state index contributed by atoms with van der Waals surface area (Å²) >= 11 is 5.94. The smallest absolute Gasteiger partial charge is 0.329 e. The van der Waals surface area contributed by atoms with Gasteiger partial charge in [0.15, 0.2) is 11.5 Å². The maximum Gasteiger partial charge on any atom is 0.329 e. The minimum Gasteiger partial charge on any atom is -0.480 e. The van der Waals surface area contributed by atoms with Crippen LogP contribution in [0.4, 0.5) is 0 Å². The van der Waals surface area contributed by atoms with Crippen molar-refractivity contribution >= 4 is 23.5 Å². The molecule has 120 valence electrons. The van der Waals surface area contributed by atoms with Gasteiger partial charge < -0.3 is 14.5 Å². The number of carboxylic acid groups (broad SMARTS) is 1. The van der Waals surface area contributed by atoms with Crippen molar-refractivity contribution in [3.63, 3.8) is 0 Å². The van der Waals surface area contributed by atoms with E-state index in [9.17, 15) is 14.7 Å². The van der Waals surface area contributed by atoms with Crippen LogP contribution in [0.3, 0.4) is 0 Å². The highest BCUT2D eigenvalue weighted by atomic mass is 35.5. The molecular weight excluding hydrogens is 320 g/mol. The second-order valence-electron chi connectivity index (χ2n) is 5.73. The van der Waals surface area contributed by atoms with Crippen molar-refractivity contribution in [3.8, 4) is 11.3 Å². The first-order valence-electron chi connectivity index (χ1n) is 7.20. The molecule has 2 aromatic rings. The summed E-state index contributed by atoms with van der Waals surface area (Å²) in [5.41, 5.74) is -0.410. The number of halogens is 1. The molecule has 1 N–H and O–H groups in total. The summed E-state index contributed by atoms with van der Waals surface area (Å²) in [6.45, 7) is 1.94. The van der Waals surface area contributed by atoms with Gasteiger partial charge in [-0.15, -0.1) is 0 Å². The van der Waals surface area contributed by atoms with Gasteiger partial charge in [0.25, 0.3) is 5.91 Å². The number of nitrogens with zero attached hydrogens (tertiary/aromatic N) is 2. The summed E-state index contributed by atoms with van der Waals surface area (Å²) in [5, 5.41) is 13.7. The monoisotopic (exact) mass is 334 g/mol. The molecule has 1 fully saturated rings. The zero-order valence-corrected chi connectivity index (χ0v) is 13.2. The van der Waals surface area contributed by atoms with Gasteiger partial charge in [0.05, 0.1) is 0 Å². The largest absolute Gasteiger partial charge is 0.480 e. The van der Waals surface area contributed by atoms with Crippen LogP contribution in [-0.2, 0) is 4.79 Å². The van der Waals surface area contributed by atoms with E-state index in [0.717, 1.165) is 0 Å². The fourth-order valence-corrected chi connectivity index (χ4v) is 2.99. The molecule has 1 amide bonds. The molecule has 0 spiro atoms. The van der Waals surface area contributed by atoms with Crippen molar-refractivity contribution in [3.05, 3.63) is 41.0 Å². The van der Waals surface area contributed by atoms with Crippen LogP contribution in [0, 0.1) is 0 Å². The number of aromatic nitrogens is 1. The molecule has 6 nitrogen and oxygen atoms in total. The predicted octanol–water partition coefficient (Wildman–Crippen LogP) is 3.07. The number of benzene rings is 1. The lowest BCUT2D eigenvalue weighted by Gasteiger charge is -2.30. The first-order valence-corrected chi connectivity index (χ1v) is 7.57. The molecule has 0 radical (unpaired) electrons. The van der Waals surface area contributed by atoms with E-state index in [0.29, 0.717) is 35.7 Å². The molecule has 3 rings (SSSR count). The average molecular weight is 335 g/mol. The molecule has 0 aliphatic carbocycles. The van der Waals surface area contributed by atoms with Crippen LogP contribution in [-0.4, -0.2) is 39.1 Å². The summed E-state index contributed by atoms with van der Waals surface area (Å²) in [6, 6.07) is 8.50.